The molecule has 0 radical (unpaired) electrons. The molecule has 1 aromatic rings. The van der Waals surface area contributed by atoms with Crippen molar-refractivity contribution >= 4 is 15.9 Å². The van der Waals surface area contributed by atoms with Crippen LogP contribution in [0, 0.1) is 0 Å². The van der Waals surface area contributed by atoms with E-state index in [0.29, 0.717) is 10.9 Å². The second-order valence-electron chi connectivity index (χ2n) is 3.47. The van der Waals surface area contributed by atoms with Gasteiger partial charge < -0.3 is 0 Å². The maximum absolute atomic E-state index is 4.17. The molecule has 0 fully saturated rings. The van der Waals surface area contributed by atoms with Gasteiger partial charge in [0.2, 0.25) is 0 Å². The lowest BCUT2D eigenvalue weighted by Crippen LogP contribution is -2.07. The maximum atomic E-state index is 4.17. The van der Waals surface area contributed by atoms with Crippen LogP contribution in [0.1, 0.15) is 56.6 Å². The van der Waals surface area contributed by atoms with Gasteiger partial charge in [-0.1, -0.05) is 41.9 Å². The summed E-state index contributed by atoms with van der Waals surface area (Å²) in [6, 6.07) is 0.493. The van der Waals surface area contributed by atoms with Crippen LogP contribution >= 0.6 is 15.9 Å². The zero-order valence-electron chi connectivity index (χ0n) is 9.07. The van der Waals surface area contributed by atoms with Gasteiger partial charge in [0.25, 0.3) is 0 Å². The second kappa shape index (κ2) is 5.49. The van der Waals surface area contributed by atoms with E-state index in [-0.39, 0.29) is 0 Å². The number of alkyl halides is 1. The Kier molecular flexibility index (Phi) is 4.58. The number of rotatable bonds is 5. The highest BCUT2D eigenvalue weighted by atomic mass is 79.9. The molecule has 1 rings (SSSR count). The van der Waals surface area contributed by atoms with E-state index in [1.165, 1.54) is 0 Å². The van der Waals surface area contributed by atoms with E-state index in [0.717, 1.165) is 25.0 Å². The van der Waals surface area contributed by atoms with E-state index >= 15 is 0 Å². The van der Waals surface area contributed by atoms with Crippen LogP contribution < -0.4 is 0 Å². The summed E-state index contributed by atoms with van der Waals surface area (Å²) in [5.41, 5.74) is 1.04. The van der Waals surface area contributed by atoms with Gasteiger partial charge in [0.15, 0.2) is 0 Å². The molecular weight excluding hydrogens is 242 g/mol. The van der Waals surface area contributed by atoms with Crippen LogP contribution in [0.2, 0.25) is 0 Å². The summed E-state index contributed by atoms with van der Waals surface area (Å²) in [6.45, 7) is 6.50. The quantitative estimate of drug-likeness (QED) is 0.759. The van der Waals surface area contributed by atoms with E-state index in [2.05, 4.69) is 53.2 Å². The number of hydrogen-bond donors (Lipinski definition) is 0. The molecule has 1 unspecified atom stereocenters. The van der Waals surface area contributed by atoms with E-state index in [4.69, 9.17) is 0 Å². The molecule has 0 amide bonds. The van der Waals surface area contributed by atoms with Crippen molar-refractivity contribution in [2.24, 2.45) is 0 Å². The van der Waals surface area contributed by atoms with Crippen LogP contribution in [0.15, 0.2) is 6.20 Å². The van der Waals surface area contributed by atoms with Gasteiger partial charge in [-0.25, -0.2) is 4.68 Å². The van der Waals surface area contributed by atoms with Crippen molar-refractivity contribution in [1.82, 2.24) is 15.0 Å². The molecule has 0 saturated heterocycles. The third-order valence-corrected chi connectivity index (χ3v) is 3.64. The predicted molar refractivity (Wildman–Crippen MR) is 61.6 cm³/mol. The van der Waals surface area contributed by atoms with E-state index < -0.39 is 0 Å². The normalized spacial score (nSPS) is 13.5. The van der Waals surface area contributed by atoms with Crippen LogP contribution in [-0.2, 0) is 0 Å². The first-order valence-corrected chi connectivity index (χ1v) is 6.20. The number of hydrogen-bond acceptors (Lipinski definition) is 2. The minimum absolute atomic E-state index is 0.339. The fourth-order valence-electron chi connectivity index (χ4n) is 1.48. The molecular formula is C10H18BrN3. The molecule has 1 aromatic heterocycles. The highest BCUT2D eigenvalue weighted by Crippen LogP contribution is 2.24. The van der Waals surface area contributed by atoms with Crippen molar-refractivity contribution < 1.29 is 0 Å². The topological polar surface area (TPSA) is 30.7 Å². The Hall–Kier alpha value is -0.380. The molecule has 4 heteroatoms. The van der Waals surface area contributed by atoms with E-state index in [9.17, 15) is 0 Å². The number of aromatic nitrogens is 3. The van der Waals surface area contributed by atoms with Crippen molar-refractivity contribution in [2.75, 3.05) is 0 Å². The lowest BCUT2D eigenvalue weighted by Gasteiger charge is -2.11. The van der Waals surface area contributed by atoms with Gasteiger partial charge >= 0.3 is 0 Å². The van der Waals surface area contributed by atoms with Crippen molar-refractivity contribution in [3.8, 4) is 0 Å². The van der Waals surface area contributed by atoms with Crippen LogP contribution in [0.5, 0.6) is 0 Å². The minimum Gasteiger partial charge on any atom is -0.249 e. The summed E-state index contributed by atoms with van der Waals surface area (Å²) in [6.07, 6.45) is 5.32. The molecule has 0 aliphatic heterocycles. The number of nitrogens with zero attached hydrogens (tertiary/aromatic N) is 3. The molecule has 1 heterocycles. The predicted octanol–water partition coefficient (Wildman–Crippen LogP) is 3.49. The summed E-state index contributed by atoms with van der Waals surface area (Å²) in [5.74, 6) is 0. The first kappa shape index (κ1) is 11.7. The van der Waals surface area contributed by atoms with Crippen LogP contribution in [0.4, 0.5) is 0 Å². The Labute approximate surface area is 94.0 Å². The van der Waals surface area contributed by atoms with Crippen LogP contribution in [0.3, 0.4) is 0 Å². The summed E-state index contributed by atoms with van der Waals surface area (Å²) in [7, 11) is 0. The van der Waals surface area contributed by atoms with Gasteiger partial charge in [0.05, 0.1) is 16.6 Å². The minimum atomic E-state index is 0.339. The molecule has 1 atom stereocenters. The molecule has 3 nitrogen and oxygen atoms in total. The van der Waals surface area contributed by atoms with Crippen LogP contribution in [-0.4, -0.2) is 15.0 Å². The van der Waals surface area contributed by atoms with Gasteiger partial charge in [-0.15, -0.1) is 5.10 Å². The molecule has 0 aliphatic rings. The van der Waals surface area contributed by atoms with Crippen molar-refractivity contribution in [2.45, 2.75) is 50.9 Å². The SMILES string of the molecule is CCC(Br)c1cn(C(CC)CC)nn1. The van der Waals surface area contributed by atoms with Gasteiger partial charge in [0, 0.05) is 6.20 Å². The van der Waals surface area contributed by atoms with Gasteiger partial charge in [0.1, 0.15) is 0 Å². The molecule has 0 aliphatic carbocycles. The average molecular weight is 260 g/mol. The van der Waals surface area contributed by atoms with Gasteiger partial charge in [-0.05, 0) is 19.3 Å². The van der Waals surface area contributed by atoms with Gasteiger partial charge in [-0.2, -0.15) is 0 Å². The second-order valence-corrected chi connectivity index (χ2v) is 4.57. The zero-order valence-corrected chi connectivity index (χ0v) is 10.7. The third kappa shape index (κ3) is 2.56. The van der Waals surface area contributed by atoms with Crippen molar-refractivity contribution in [3.05, 3.63) is 11.9 Å². The largest absolute Gasteiger partial charge is 0.249 e. The molecule has 0 aromatic carbocycles. The van der Waals surface area contributed by atoms with E-state index in [1.807, 2.05) is 4.68 Å². The monoisotopic (exact) mass is 259 g/mol. The Balaban J connectivity index is 2.76. The van der Waals surface area contributed by atoms with E-state index in [1.54, 1.807) is 0 Å². The zero-order chi connectivity index (χ0) is 10.6. The highest BCUT2D eigenvalue weighted by molar-refractivity contribution is 9.09. The lowest BCUT2D eigenvalue weighted by molar-refractivity contribution is 0.418. The van der Waals surface area contributed by atoms with Crippen LogP contribution in [0.25, 0.3) is 0 Å². The Morgan fingerprint density at radius 1 is 1.29 bits per heavy atom. The summed E-state index contributed by atoms with van der Waals surface area (Å²) in [5, 5.41) is 8.33. The molecule has 0 bridgehead atoms. The van der Waals surface area contributed by atoms with Gasteiger partial charge in [-0.3, -0.25) is 0 Å². The average Bonchev–Trinajstić information content (AvgIpc) is 2.68. The fourth-order valence-corrected chi connectivity index (χ4v) is 1.69. The van der Waals surface area contributed by atoms with Crippen molar-refractivity contribution in [1.29, 1.82) is 0 Å². The smallest absolute Gasteiger partial charge is 0.0963 e. The molecule has 0 spiro atoms. The maximum Gasteiger partial charge on any atom is 0.0963 e. The Morgan fingerprint density at radius 3 is 2.43 bits per heavy atom. The Bertz CT molecular complexity index is 268. The number of halogens is 1. The molecule has 0 N–H and O–H groups in total. The third-order valence-electron chi connectivity index (χ3n) is 2.52. The standard InChI is InChI=1S/C10H18BrN3/c1-4-8(5-2)14-7-10(12-13-14)9(11)6-3/h7-9H,4-6H2,1-3H3. The first-order valence-electron chi connectivity index (χ1n) is 5.28. The summed E-state index contributed by atoms with van der Waals surface area (Å²) >= 11 is 3.58. The molecule has 0 saturated carbocycles. The lowest BCUT2D eigenvalue weighted by atomic mass is 10.2. The molecule has 14 heavy (non-hydrogen) atoms. The highest BCUT2D eigenvalue weighted by Gasteiger charge is 2.13. The Morgan fingerprint density at radius 2 is 1.93 bits per heavy atom. The summed E-state index contributed by atoms with van der Waals surface area (Å²) in [4.78, 5) is 0.339. The first-order chi connectivity index (χ1) is 6.72. The van der Waals surface area contributed by atoms with Crippen molar-refractivity contribution in [3.63, 3.8) is 0 Å². The summed E-state index contributed by atoms with van der Waals surface area (Å²) < 4.78 is 1.99. The molecule has 80 valence electrons. The fraction of sp³-hybridized carbons (Fsp3) is 0.800.